The van der Waals surface area contributed by atoms with E-state index >= 15 is 0 Å². The van der Waals surface area contributed by atoms with Gasteiger partial charge in [-0.2, -0.15) is 0 Å². The Hall–Kier alpha value is -0.380. The highest BCUT2D eigenvalue weighted by Gasteiger charge is 2.21. The Morgan fingerprint density at radius 3 is 2.86 bits per heavy atom. The summed E-state index contributed by atoms with van der Waals surface area (Å²) in [6.07, 6.45) is 7.08. The fourth-order valence-corrected chi connectivity index (χ4v) is 3.95. The van der Waals surface area contributed by atoms with Crippen LogP contribution < -0.4 is 5.32 Å². The van der Waals surface area contributed by atoms with Crippen LogP contribution >= 0.6 is 11.3 Å². The molecule has 1 N–H and O–H groups in total. The van der Waals surface area contributed by atoms with Gasteiger partial charge in [-0.25, -0.2) is 0 Å². The van der Waals surface area contributed by atoms with Crippen LogP contribution in [0.25, 0.3) is 0 Å². The minimum atomic E-state index is 0.494. The molecule has 2 unspecified atom stereocenters. The van der Waals surface area contributed by atoms with E-state index in [1.165, 1.54) is 41.9 Å². The highest BCUT2D eigenvalue weighted by atomic mass is 32.1. The summed E-state index contributed by atoms with van der Waals surface area (Å²) in [5, 5.41) is 3.50. The highest BCUT2D eigenvalue weighted by molar-refractivity contribution is 7.11. The zero-order valence-electron chi connectivity index (χ0n) is 13.9. The van der Waals surface area contributed by atoms with E-state index in [-0.39, 0.29) is 0 Å². The van der Waals surface area contributed by atoms with Crippen molar-refractivity contribution in [2.24, 2.45) is 11.8 Å². The summed E-state index contributed by atoms with van der Waals surface area (Å²) in [7, 11) is 0. The van der Waals surface area contributed by atoms with Crippen LogP contribution in [0.4, 0.5) is 0 Å². The van der Waals surface area contributed by atoms with Crippen LogP contribution in [0.3, 0.4) is 0 Å². The second-order valence-corrected chi connectivity index (χ2v) is 8.02. The molecule has 120 valence electrons. The number of hydrogen-bond donors (Lipinski definition) is 1. The summed E-state index contributed by atoms with van der Waals surface area (Å²) in [5.41, 5.74) is 0. The normalized spacial score (nSPS) is 22.9. The van der Waals surface area contributed by atoms with Gasteiger partial charge in [0.1, 0.15) is 0 Å². The van der Waals surface area contributed by atoms with Crippen molar-refractivity contribution in [2.75, 3.05) is 6.54 Å². The third kappa shape index (κ3) is 6.09. The van der Waals surface area contributed by atoms with Gasteiger partial charge >= 0.3 is 0 Å². The van der Waals surface area contributed by atoms with E-state index in [2.05, 4.69) is 38.2 Å². The summed E-state index contributed by atoms with van der Waals surface area (Å²) < 4.78 is 6.15. The van der Waals surface area contributed by atoms with Gasteiger partial charge in [-0.1, -0.05) is 40.0 Å². The molecule has 0 amide bonds. The van der Waals surface area contributed by atoms with E-state index in [1.807, 2.05) is 11.3 Å². The Morgan fingerprint density at radius 2 is 2.10 bits per heavy atom. The fraction of sp³-hybridized carbons (Fsp3) is 0.778. The van der Waals surface area contributed by atoms with Crippen LogP contribution in [-0.2, 0) is 17.9 Å². The molecule has 0 saturated heterocycles. The summed E-state index contributed by atoms with van der Waals surface area (Å²) in [4.78, 5) is 2.79. The molecular formula is C18H31NOS. The summed E-state index contributed by atoms with van der Waals surface area (Å²) in [6.45, 7) is 9.68. The van der Waals surface area contributed by atoms with E-state index in [0.717, 1.165) is 25.6 Å². The maximum Gasteiger partial charge on any atom is 0.0813 e. The molecule has 2 rings (SSSR count). The van der Waals surface area contributed by atoms with E-state index in [0.29, 0.717) is 12.0 Å². The quantitative estimate of drug-likeness (QED) is 0.731. The molecule has 0 radical (unpaired) electrons. The molecule has 0 aliphatic heterocycles. The molecule has 0 aromatic carbocycles. The first kappa shape index (κ1) is 17.0. The number of hydrogen-bond acceptors (Lipinski definition) is 3. The summed E-state index contributed by atoms with van der Waals surface area (Å²) >= 11 is 1.89. The monoisotopic (exact) mass is 309 g/mol. The van der Waals surface area contributed by atoms with Crippen LogP contribution in [0.2, 0.25) is 0 Å². The zero-order valence-corrected chi connectivity index (χ0v) is 14.7. The SMILES string of the molecule is CCC1CCCC(OCc2ccc(CNCC(C)C)s2)C1. The molecule has 1 aliphatic carbocycles. The first-order valence-corrected chi connectivity index (χ1v) is 9.39. The first-order chi connectivity index (χ1) is 10.2. The third-order valence-electron chi connectivity index (χ3n) is 4.34. The van der Waals surface area contributed by atoms with Crippen molar-refractivity contribution >= 4 is 11.3 Å². The lowest BCUT2D eigenvalue weighted by molar-refractivity contribution is 0.00298. The Bertz CT molecular complexity index is 402. The average Bonchev–Trinajstić information content (AvgIpc) is 2.93. The maximum atomic E-state index is 6.15. The van der Waals surface area contributed by atoms with Crippen LogP contribution in [0.1, 0.15) is 62.6 Å². The maximum absolute atomic E-state index is 6.15. The molecule has 2 atom stereocenters. The van der Waals surface area contributed by atoms with Crippen LogP contribution in [0.5, 0.6) is 0 Å². The van der Waals surface area contributed by atoms with Crippen LogP contribution in [0, 0.1) is 11.8 Å². The molecule has 1 aromatic rings. The van der Waals surface area contributed by atoms with Gasteiger partial charge in [-0.15, -0.1) is 11.3 Å². The molecule has 1 heterocycles. The summed E-state index contributed by atoms with van der Waals surface area (Å²) in [6, 6.07) is 4.48. The van der Waals surface area contributed by atoms with Crippen molar-refractivity contribution in [3.8, 4) is 0 Å². The van der Waals surface area contributed by atoms with Crippen molar-refractivity contribution in [3.05, 3.63) is 21.9 Å². The van der Waals surface area contributed by atoms with Crippen molar-refractivity contribution in [2.45, 2.75) is 72.1 Å². The molecule has 2 nitrogen and oxygen atoms in total. The van der Waals surface area contributed by atoms with Gasteiger partial charge in [0.25, 0.3) is 0 Å². The molecular weight excluding hydrogens is 278 g/mol. The van der Waals surface area contributed by atoms with Crippen molar-refractivity contribution in [1.82, 2.24) is 5.32 Å². The smallest absolute Gasteiger partial charge is 0.0813 e. The topological polar surface area (TPSA) is 21.3 Å². The van der Waals surface area contributed by atoms with Crippen molar-refractivity contribution in [1.29, 1.82) is 0 Å². The molecule has 3 heteroatoms. The van der Waals surface area contributed by atoms with Gasteiger partial charge in [0.15, 0.2) is 0 Å². The molecule has 0 bridgehead atoms. The Kier molecular flexibility index (Phi) is 7.21. The van der Waals surface area contributed by atoms with E-state index < -0.39 is 0 Å². The van der Waals surface area contributed by atoms with Crippen LogP contribution in [0.15, 0.2) is 12.1 Å². The van der Waals surface area contributed by atoms with Gasteiger partial charge < -0.3 is 10.1 Å². The Balaban J connectivity index is 1.70. The van der Waals surface area contributed by atoms with Gasteiger partial charge in [-0.05, 0) is 43.4 Å². The number of thiophene rings is 1. The van der Waals surface area contributed by atoms with E-state index in [1.54, 1.807) is 0 Å². The molecule has 1 aromatic heterocycles. The standard InChI is InChI=1S/C18H31NOS/c1-4-15-6-5-7-16(10-15)20-13-18-9-8-17(21-18)12-19-11-14(2)3/h8-9,14-16,19H,4-7,10-13H2,1-3H3. The van der Waals surface area contributed by atoms with Crippen LogP contribution in [-0.4, -0.2) is 12.6 Å². The Morgan fingerprint density at radius 1 is 1.29 bits per heavy atom. The van der Waals surface area contributed by atoms with Crippen molar-refractivity contribution < 1.29 is 4.74 Å². The zero-order chi connectivity index (χ0) is 15.1. The van der Waals surface area contributed by atoms with Crippen molar-refractivity contribution in [3.63, 3.8) is 0 Å². The third-order valence-corrected chi connectivity index (χ3v) is 5.40. The van der Waals surface area contributed by atoms with Gasteiger partial charge in [-0.3, -0.25) is 0 Å². The second-order valence-electron chi connectivity index (χ2n) is 6.77. The fourth-order valence-electron chi connectivity index (χ4n) is 3.04. The average molecular weight is 310 g/mol. The molecule has 1 saturated carbocycles. The number of nitrogens with one attached hydrogen (secondary N) is 1. The van der Waals surface area contributed by atoms with E-state index in [4.69, 9.17) is 4.74 Å². The molecule has 1 fully saturated rings. The Labute approximate surface area is 134 Å². The largest absolute Gasteiger partial charge is 0.373 e. The highest BCUT2D eigenvalue weighted by Crippen LogP contribution is 2.29. The lowest BCUT2D eigenvalue weighted by atomic mass is 9.85. The minimum absolute atomic E-state index is 0.494. The van der Waals surface area contributed by atoms with E-state index in [9.17, 15) is 0 Å². The first-order valence-electron chi connectivity index (χ1n) is 8.57. The second kappa shape index (κ2) is 8.92. The lowest BCUT2D eigenvalue weighted by Crippen LogP contribution is -2.22. The predicted octanol–water partition coefficient (Wildman–Crippen LogP) is 4.98. The molecule has 1 aliphatic rings. The summed E-state index contributed by atoms with van der Waals surface area (Å²) in [5.74, 6) is 1.61. The predicted molar refractivity (Wildman–Crippen MR) is 91.7 cm³/mol. The van der Waals surface area contributed by atoms with Gasteiger partial charge in [0.05, 0.1) is 12.7 Å². The minimum Gasteiger partial charge on any atom is -0.373 e. The molecule has 21 heavy (non-hydrogen) atoms. The van der Waals surface area contributed by atoms with Gasteiger partial charge in [0, 0.05) is 16.3 Å². The lowest BCUT2D eigenvalue weighted by Gasteiger charge is -2.28. The number of rotatable bonds is 8. The molecule has 0 spiro atoms. The number of ether oxygens (including phenoxy) is 1. The van der Waals surface area contributed by atoms with Gasteiger partial charge in [0.2, 0.25) is 0 Å².